The van der Waals surface area contributed by atoms with Gasteiger partial charge in [-0.2, -0.15) is 0 Å². The van der Waals surface area contributed by atoms with Crippen LogP contribution in [0, 0.1) is 0 Å². The van der Waals surface area contributed by atoms with Crippen LogP contribution < -0.4 is 0 Å². The Morgan fingerprint density at radius 3 is 2.55 bits per heavy atom. The van der Waals surface area contributed by atoms with Crippen molar-refractivity contribution in [3.8, 4) is 11.3 Å². The molecular weight excluding hydrogens is 252 g/mol. The van der Waals surface area contributed by atoms with E-state index in [1.54, 1.807) is 6.20 Å². The minimum Gasteiger partial charge on any atom is -0.439 e. The zero-order chi connectivity index (χ0) is 13.9. The average Bonchev–Trinajstić information content (AvgIpc) is 2.87. The lowest BCUT2D eigenvalue weighted by Gasteiger charge is -2.34. The maximum atomic E-state index is 5.85. The van der Waals surface area contributed by atoms with E-state index in [1.165, 1.54) is 0 Å². The summed E-state index contributed by atoms with van der Waals surface area (Å²) in [4.78, 5) is 6.72. The van der Waals surface area contributed by atoms with Crippen molar-refractivity contribution in [3.63, 3.8) is 0 Å². The van der Waals surface area contributed by atoms with Gasteiger partial charge in [-0.1, -0.05) is 30.3 Å². The molecule has 106 valence electrons. The topological polar surface area (TPSA) is 38.5 Å². The summed E-state index contributed by atoms with van der Waals surface area (Å²) in [6, 6.07) is 10.1. The number of aromatic nitrogens is 1. The van der Waals surface area contributed by atoms with Crippen LogP contribution in [0.4, 0.5) is 0 Å². The van der Waals surface area contributed by atoms with Crippen LogP contribution in [0.5, 0.6) is 0 Å². The highest BCUT2D eigenvalue weighted by Gasteiger charge is 2.23. The van der Waals surface area contributed by atoms with Gasteiger partial charge < -0.3 is 9.15 Å². The first-order chi connectivity index (χ1) is 9.70. The zero-order valence-corrected chi connectivity index (χ0v) is 12.0. The van der Waals surface area contributed by atoms with Gasteiger partial charge in [0.25, 0.3) is 0 Å². The van der Waals surface area contributed by atoms with Gasteiger partial charge in [0, 0.05) is 18.7 Å². The van der Waals surface area contributed by atoms with Crippen LogP contribution in [-0.2, 0) is 11.3 Å². The molecule has 3 rings (SSSR count). The first-order valence-corrected chi connectivity index (χ1v) is 7.08. The zero-order valence-electron chi connectivity index (χ0n) is 12.0. The lowest BCUT2D eigenvalue weighted by Crippen LogP contribution is -2.44. The fourth-order valence-electron chi connectivity index (χ4n) is 2.72. The predicted octanol–water partition coefficient (Wildman–Crippen LogP) is 2.95. The molecule has 0 amide bonds. The second-order valence-electron chi connectivity index (χ2n) is 5.44. The van der Waals surface area contributed by atoms with Gasteiger partial charge in [0.1, 0.15) is 0 Å². The summed E-state index contributed by atoms with van der Waals surface area (Å²) in [5, 5.41) is 0. The smallest absolute Gasteiger partial charge is 0.209 e. The number of ether oxygens (including phenoxy) is 1. The minimum absolute atomic E-state index is 0.266. The summed E-state index contributed by atoms with van der Waals surface area (Å²) in [6.45, 7) is 6.80. The van der Waals surface area contributed by atoms with Crippen LogP contribution in [0.25, 0.3) is 11.3 Å². The van der Waals surface area contributed by atoms with E-state index in [9.17, 15) is 0 Å². The van der Waals surface area contributed by atoms with Crippen molar-refractivity contribution < 1.29 is 9.15 Å². The Kier molecular flexibility index (Phi) is 3.85. The van der Waals surface area contributed by atoms with Crippen LogP contribution in [0.15, 0.2) is 40.9 Å². The first kappa shape index (κ1) is 13.3. The largest absolute Gasteiger partial charge is 0.439 e. The molecule has 2 heterocycles. The third kappa shape index (κ3) is 3.08. The first-order valence-electron chi connectivity index (χ1n) is 7.08. The van der Waals surface area contributed by atoms with E-state index < -0.39 is 0 Å². The monoisotopic (exact) mass is 272 g/mol. The molecule has 2 atom stereocenters. The summed E-state index contributed by atoms with van der Waals surface area (Å²) >= 11 is 0. The quantitative estimate of drug-likeness (QED) is 0.861. The molecule has 1 aromatic carbocycles. The number of hydrogen-bond acceptors (Lipinski definition) is 4. The molecule has 0 radical (unpaired) electrons. The van der Waals surface area contributed by atoms with Crippen molar-refractivity contribution in [1.82, 2.24) is 9.88 Å². The van der Waals surface area contributed by atoms with Gasteiger partial charge in [-0.25, -0.2) is 4.98 Å². The average molecular weight is 272 g/mol. The molecular formula is C16H20N2O2. The number of oxazole rings is 1. The third-order valence-electron chi connectivity index (χ3n) is 3.47. The van der Waals surface area contributed by atoms with Crippen LogP contribution in [0.2, 0.25) is 0 Å². The van der Waals surface area contributed by atoms with Crippen molar-refractivity contribution in [3.05, 3.63) is 42.4 Å². The van der Waals surface area contributed by atoms with Crippen LogP contribution in [-0.4, -0.2) is 35.2 Å². The van der Waals surface area contributed by atoms with Crippen LogP contribution in [0.3, 0.4) is 0 Å². The molecule has 0 aliphatic carbocycles. The Morgan fingerprint density at radius 1 is 1.15 bits per heavy atom. The second-order valence-corrected chi connectivity index (χ2v) is 5.44. The molecule has 4 heteroatoms. The maximum absolute atomic E-state index is 5.85. The lowest BCUT2D eigenvalue weighted by atomic mass is 10.2. The SMILES string of the molecule is CC1CN(Cc2ncc(-c3ccccc3)o2)CC(C)O1. The third-order valence-corrected chi connectivity index (χ3v) is 3.47. The molecule has 1 aliphatic heterocycles. The van der Waals surface area contributed by atoms with Crippen molar-refractivity contribution >= 4 is 0 Å². The molecule has 1 fully saturated rings. The van der Waals surface area contributed by atoms with Gasteiger partial charge in [-0.05, 0) is 13.8 Å². The highest BCUT2D eigenvalue weighted by atomic mass is 16.5. The number of nitrogens with zero attached hydrogens (tertiary/aromatic N) is 2. The Bertz CT molecular complexity index is 543. The van der Waals surface area contributed by atoms with Crippen molar-refractivity contribution in [2.24, 2.45) is 0 Å². The van der Waals surface area contributed by atoms with Crippen molar-refractivity contribution in [1.29, 1.82) is 0 Å². The summed E-state index contributed by atoms with van der Waals surface area (Å²) in [5.41, 5.74) is 1.06. The highest BCUT2D eigenvalue weighted by Crippen LogP contribution is 2.21. The molecule has 1 saturated heterocycles. The van der Waals surface area contributed by atoms with Gasteiger partial charge >= 0.3 is 0 Å². The van der Waals surface area contributed by atoms with E-state index in [4.69, 9.17) is 9.15 Å². The molecule has 2 unspecified atom stereocenters. The standard InChI is InChI=1S/C16H20N2O2/c1-12-9-18(10-13(2)19-12)11-16-17-8-15(20-16)14-6-4-3-5-7-14/h3-8,12-13H,9-11H2,1-2H3. The van der Waals surface area contributed by atoms with E-state index in [0.717, 1.165) is 36.8 Å². The van der Waals surface area contributed by atoms with Gasteiger partial charge in [0.2, 0.25) is 5.89 Å². The van der Waals surface area contributed by atoms with Gasteiger partial charge in [-0.15, -0.1) is 0 Å². The molecule has 4 nitrogen and oxygen atoms in total. The molecule has 2 aromatic rings. The summed E-state index contributed by atoms with van der Waals surface area (Å²) < 4.78 is 11.6. The summed E-state index contributed by atoms with van der Waals surface area (Å²) in [7, 11) is 0. The fraction of sp³-hybridized carbons (Fsp3) is 0.438. The van der Waals surface area contributed by atoms with Gasteiger partial charge in [0.05, 0.1) is 24.9 Å². The van der Waals surface area contributed by atoms with Crippen molar-refractivity contribution in [2.45, 2.75) is 32.6 Å². The van der Waals surface area contributed by atoms with Crippen LogP contribution in [0.1, 0.15) is 19.7 Å². The lowest BCUT2D eigenvalue weighted by molar-refractivity contribution is -0.0721. The number of rotatable bonds is 3. The molecule has 0 bridgehead atoms. The second kappa shape index (κ2) is 5.77. The summed E-state index contributed by atoms with van der Waals surface area (Å²) in [6.07, 6.45) is 2.34. The van der Waals surface area contributed by atoms with E-state index in [2.05, 4.69) is 23.7 Å². The Balaban J connectivity index is 1.68. The molecule has 20 heavy (non-hydrogen) atoms. The van der Waals surface area contributed by atoms with E-state index in [-0.39, 0.29) is 12.2 Å². The molecule has 0 N–H and O–H groups in total. The number of morpholine rings is 1. The Morgan fingerprint density at radius 2 is 1.85 bits per heavy atom. The fourth-order valence-corrected chi connectivity index (χ4v) is 2.72. The highest BCUT2D eigenvalue weighted by molar-refractivity contribution is 5.55. The van der Waals surface area contributed by atoms with Gasteiger partial charge in [-0.3, -0.25) is 4.90 Å². The summed E-state index contributed by atoms with van der Waals surface area (Å²) in [5.74, 6) is 1.60. The Labute approximate surface area is 119 Å². The number of benzene rings is 1. The minimum atomic E-state index is 0.266. The molecule has 1 aromatic heterocycles. The van der Waals surface area contributed by atoms with Crippen molar-refractivity contribution in [2.75, 3.05) is 13.1 Å². The molecule has 1 aliphatic rings. The van der Waals surface area contributed by atoms with Crippen LogP contribution >= 0.6 is 0 Å². The van der Waals surface area contributed by atoms with E-state index >= 15 is 0 Å². The van der Waals surface area contributed by atoms with Gasteiger partial charge in [0.15, 0.2) is 5.76 Å². The predicted molar refractivity (Wildman–Crippen MR) is 77.2 cm³/mol. The molecule has 0 saturated carbocycles. The Hall–Kier alpha value is -1.65. The molecule has 0 spiro atoms. The van der Waals surface area contributed by atoms with E-state index in [1.807, 2.05) is 30.3 Å². The number of hydrogen-bond donors (Lipinski definition) is 0. The van der Waals surface area contributed by atoms with E-state index in [0.29, 0.717) is 0 Å². The maximum Gasteiger partial charge on any atom is 0.209 e. The normalized spacial score (nSPS) is 23.9.